The first-order chi connectivity index (χ1) is 13.1. The summed E-state index contributed by atoms with van der Waals surface area (Å²) in [5.74, 6) is 0. The fraction of sp³-hybridized carbons (Fsp3) is 0.789. The van der Waals surface area contributed by atoms with E-state index in [2.05, 4.69) is 21.3 Å². The van der Waals surface area contributed by atoms with Crippen LogP contribution < -0.4 is 11.1 Å². The maximum Gasteiger partial charge on any atom is 0.217 e. The summed E-state index contributed by atoms with van der Waals surface area (Å²) in [6.45, 7) is 6.19. The van der Waals surface area contributed by atoms with Gasteiger partial charge < -0.3 is 20.9 Å². The number of likely N-dealkylation sites (tertiary alicyclic amines) is 1. The van der Waals surface area contributed by atoms with Crippen LogP contribution in [0.1, 0.15) is 38.5 Å². The number of nitrogens with zero attached hydrogens (tertiary/aromatic N) is 3. The first-order valence-electron chi connectivity index (χ1n) is 10.4. The normalized spacial score (nSPS) is 34.0. The van der Waals surface area contributed by atoms with Crippen LogP contribution >= 0.6 is 0 Å². The lowest BCUT2D eigenvalue weighted by Gasteiger charge is -2.37. The molecule has 0 radical (unpaired) electrons. The van der Waals surface area contributed by atoms with E-state index in [0.717, 1.165) is 83.5 Å². The van der Waals surface area contributed by atoms with Crippen molar-refractivity contribution in [3.8, 4) is 0 Å². The van der Waals surface area contributed by atoms with Gasteiger partial charge in [-0.1, -0.05) is 0 Å². The molecule has 152 valence electrons. The van der Waals surface area contributed by atoms with Crippen molar-refractivity contribution in [2.75, 3.05) is 45.8 Å². The second kappa shape index (κ2) is 8.01. The van der Waals surface area contributed by atoms with Gasteiger partial charge in [-0.15, -0.1) is 0 Å². The molecule has 7 nitrogen and oxygen atoms in total. The molecule has 3 N–H and O–H groups in total. The lowest BCUT2D eigenvalue weighted by Crippen LogP contribution is -2.48. The molecule has 0 aromatic carbocycles. The summed E-state index contributed by atoms with van der Waals surface area (Å²) >= 11 is 0. The van der Waals surface area contributed by atoms with Crippen molar-refractivity contribution in [3.63, 3.8) is 0 Å². The molecule has 5 aliphatic rings. The molecule has 0 atom stereocenters. The summed E-state index contributed by atoms with van der Waals surface area (Å²) in [6.07, 6.45) is 9.35. The van der Waals surface area contributed by atoms with Gasteiger partial charge in [0.2, 0.25) is 10.0 Å². The molecule has 0 aliphatic carbocycles. The lowest BCUT2D eigenvalue weighted by atomic mass is 10.0. The van der Waals surface area contributed by atoms with Gasteiger partial charge in [0, 0.05) is 50.7 Å². The third kappa shape index (κ3) is 4.12. The summed E-state index contributed by atoms with van der Waals surface area (Å²) < 4.78 is 28.5. The molecule has 5 rings (SSSR count). The number of fused-ring (bicyclic) bond motifs is 4. The Bertz CT molecular complexity index is 677. The van der Waals surface area contributed by atoms with Crippen LogP contribution in [0.3, 0.4) is 0 Å². The Balaban J connectivity index is 1.34. The van der Waals surface area contributed by atoms with Crippen molar-refractivity contribution in [3.05, 3.63) is 23.7 Å². The topological polar surface area (TPSA) is 81.9 Å². The summed E-state index contributed by atoms with van der Waals surface area (Å²) in [5.41, 5.74) is 8.05. The monoisotopic (exact) mass is 395 g/mol. The van der Waals surface area contributed by atoms with Crippen molar-refractivity contribution in [2.45, 2.75) is 49.8 Å². The van der Waals surface area contributed by atoms with Crippen molar-refractivity contribution >= 4 is 10.0 Å². The Hall–Kier alpha value is -1.25. The van der Waals surface area contributed by atoms with E-state index < -0.39 is 10.0 Å². The Labute approximate surface area is 163 Å². The molecule has 0 saturated carbocycles. The summed E-state index contributed by atoms with van der Waals surface area (Å²) in [5, 5.41) is 3.13. The molecular weight excluding hydrogens is 362 g/mol. The number of rotatable bonds is 3. The highest BCUT2D eigenvalue weighted by Crippen LogP contribution is 2.29. The number of allylic oxidation sites excluding steroid dienone is 1. The van der Waals surface area contributed by atoms with Gasteiger partial charge in [0.05, 0.1) is 5.25 Å². The minimum Gasteiger partial charge on any atom is -0.403 e. The molecule has 5 fully saturated rings. The zero-order valence-corrected chi connectivity index (χ0v) is 17.0. The molecule has 0 amide bonds. The van der Waals surface area contributed by atoms with E-state index >= 15 is 0 Å². The van der Waals surface area contributed by atoms with E-state index in [9.17, 15) is 8.42 Å². The zero-order valence-electron chi connectivity index (χ0n) is 16.1. The molecule has 0 aromatic rings. The number of nitrogens with one attached hydrogen (secondary N) is 1. The first kappa shape index (κ1) is 19.1. The lowest BCUT2D eigenvalue weighted by molar-refractivity contribution is 0.230. The molecule has 0 spiro atoms. The maximum atomic E-state index is 13.3. The van der Waals surface area contributed by atoms with Crippen LogP contribution in [-0.4, -0.2) is 79.6 Å². The number of nitrogens with two attached hydrogens (primary N) is 1. The molecule has 0 unspecified atom stereocenters. The van der Waals surface area contributed by atoms with Crippen LogP contribution in [0.2, 0.25) is 0 Å². The average molecular weight is 396 g/mol. The van der Waals surface area contributed by atoms with Crippen molar-refractivity contribution in [1.82, 2.24) is 19.4 Å². The van der Waals surface area contributed by atoms with Crippen molar-refractivity contribution in [2.24, 2.45) is 5.73 Å². The Morgan fingerprint density at radius 3 is 2.33 bits per heavy atom. The fourth-order valence-electron chi connectivity index (χ4n) is 4.89. The number of hydrogen-bond donors (Lipinski definition) is 2. The van der Waals surface area contributed by atoms with Gasteiger partial charge in [0.15, 0.2) is 0 Å². The SMILES string of the molecule is N/C=C1/CC/C(=C\N2CCC(S(=O)(=O)N3CCN4CCC3CC4)CC2)CN1. The number of hydrogen-bond acceptors (Lipinski definition) is 6. The molecular formula is C19H33N5O2S. The van der Waals surface area contributed by atoms with Crippen molar-refractivity contribution < 1.29 is 8.42 Å². The molecule has 5 saturated heterocycles. The zero-order chi connectivity index (χ0) is 18.9. The highest BCUT2D eigenvalue weighted by Gasteiger charge is 2.40. The van der Waals surface area contributed by atoms with Gasteiger partial charge in [-0.25, -0.2) is 8.42 Å². The molecule has 27 heavy (non-hydrogen) atoms. The highest BCUT2D eigenvalue weighted by molar-refractivity contribution is 7.89. The van der Waals surface area contributed by atoms with E-state index in [-0.39, 0.29) is 11.3 Å². The van der Waals surface area contributed by atoms with E-state index in [0.29, 0.717) is 6.54 Å². The van der Waals surface area contributed by atoms with E-state index in [1.54, 1.807) is 6.20 Å². The average Bonchev–Trinajstić information content (AvgIpc) is 3.04. The van der Waals surface area contributed by atoms with Gasteiger partial charge in [0.1, 0.15) is 0 Å². The van der Waals surface area contributed by atoms with Crippen LogP contribution in [-0.2, 0) is 10.0 Å². The van der Waals surface area contributed by atoms with Crippen LogP contribution in [0.4, 0.5) is 0 Å². The Morgan fingerprint density at radius 2 is 1.70 bits per heavy atom. The number of sulfonamides is 1. The van der Waals surface area contributed by atoms with Crippen LogP contribution in [0.5, 0.6) is 0 Å². The number of piperidine rings is 3. The summed E-state index contributed by atoms with van der Waals surface area (Å²) in [7, 11) is -3.18. The maximum absolute atomic E-state index is 13.3. The van der Waals surface area contributed by atoms with Gasteiger partial charge in [-0.2, -0.15) is 4.31 Å². The summed E-state index contributed by atoms with van der Waals surface area (Å²) in [6, 6.07) is 0.229. The second-order valence-corrected chi connectivity index (χ2v) is 10.5. The largest absolute Gasteiger partial charge is 0.403 e. The standard InChI is InChI=1S/C19H33N5O2S/c20-13-17-2-1-16(14-21-17)15-23-9-5-19(6-10-23)27(25,26)24-12-11-22-7-3-18(24)4-8-22/h13,15,18-19,21H,1-12,14,20H2/b16-15+,17-13-. The molecule has 5 heterocycles. The fourth-order valence-corrected chi connectivity index (χ4v) is 7.04. The smallest absolute Gasteiger partial charge is 0.217 e. The predicted octanol–water partition coefficient (Wildman–Crippen LogP) is 0.628. The van der Waals surface area contributed by atoms with Crippen molar-refractivity contribution in [1.29, 1.82) is 0 Å². The summed E-state index contributed by atoms with van der Waals surface area (Å²) in [4.78, 5) is 4.71. The van der Waals surface area contributed by atoms with E-state index in [1.165, 1.54) is 5.57 Å². The van der Waals surface area contributed by atoms with Crippen LogP contribution in [0, 0.1) is 0 Å². The Morgan fingerprint density at radius 1 is 0.963 bits per heavy atom. The molecule has 8 heteroatoms. The highest BCUT2D eigenvalue weighted by atomic mass is 32.2. The third-order valence-electron chi connectivity index (χ3n) is 6.65. The predicted molar refractivity (Wildman–Crippen MR) is 107 cm³/mol. The van der Waals surface area contributed by atoms with E-state index in [1.807, 2.05) is 4.31 Å². The van der Waals surface area contributed by atoms with Crippen LogP contribution in [0.15, 0.2) is 23.7 Å². The quantitative estimate of drug-likeness (QED) is 0.729. The minimum atomic E-state index is -3.18. The van der Waals surface area contributed by atoms with Crippen LogP contribution in [0.25, 0.3) is 0 Å². The van der Waals surface area contributed by atoms with E-state index in [4.69, 9.17) is 5.73 Å². The molecule has 5 aliphatic heterocycles. The van der Waals surface area contributed by atoms with Gasteiger partial charge in [-0.05, 0) is 63.4 Å². The Kier molecular flexibility index (Phi) is 5.66. The second-order valence-electron chi connectivity index (χ2n) is 8.30. The van der Waals surface area contributed by atoms with Gasteiger partial charge >= 0.3 is 0 Å². The third-order valence-corrected chi connectivity index (χ3v) is 9.10. The minimum absolute atomic E-state index is 0.212. The molecule has 0 aromatic heterocycles. The van der Waals surface area contributed by atoms with Gasteiger partial charge in [-0.3, -0.25) is 0 Å². The first-order valence-corrected chi connectivity index (χ1v) is 11.9. The molecule has 2 bridgehead atoms. The van der Waals surface area contributed by atoms with Gasteiger partial charge in [0.25, 0.3) is 0 Å².